The van der Waals surface area contributed by atoms with Crippen molar-refractivity contribution in [1.82, 2.24) is 29.5 Å². The first-order valence-electron chi connectivity index (χ1n) is 9.99. The molecule has 0 aliphatic carbocycles. The predicted octanol–water partition coefficient (Wildman–Crippen LogP) is -0.111. The number of hydrogen-bond donors (Lipinski definition) is 2. The maximum atomic E-state index is 12.7. The summed E-state index contributed by atoms with van der Waals surface area (Å²) < 4.78 is 2.05. The highest BCUT2D eigenvalue weighted by molar-refractivity contribution is 5.79. The van der Waals surface area contributed by atoms with Crippen LogP contribution in [0.4, 0.5) is 0 Å². The van der Waals surface area contributed by atoms with Crippen molar-refractivity contribution in [3.63, 3.8) is 0 Å². The third-order valence-corrected chi connectivity index (χ3v) is 5.98. The van der Waals surface area contributed by atoms with Gasteiger partial charge in [0.2, 0.25) is 5.91 Å². The van der Waals surface area contributed by atoms with Gasteiger partial charge in [-0.05, 0) is 24.5 Å². The molecule has 4 rings (SSSR count). The molecule has 0 spiro atoms. The predicted molar refractivity (Wildman–Crippen MR) is 107 cm³/mol. The number of rotatable bonds is 6. The number of pyridine rings is 1. The molecule has 2 aliphatic rings. The van der Waals surface area contributed by atoms with Gasteiger partial charge in [0.1, 0.15) is 12.2 Å². The molecule has 2 aromatic heterocycles. The van der Waals surface area contributed by atoms with Crippen molar-refractivity contribution in [1.29, 1.82) is 0 Å². The summed E-state index contributed by atoms with van der Waals surface area (Å²) in [6.45, 7) is 6.48. The summed E-state index contributed by atoms with van der Waals surface area (Å²) in [5.41, 5.74) is 0.694. The molecule has 1 amide bonds. The zero-order valence-electron chi connectivity index (χ0n) is 17.1. The minimum absolute atomic E-state index is 0.102. The normalized spacial score (nSPS) is 23.0. The van der Waals surface area contributed by atoms with Crippen molar-refractivity contribution in [3.05, 3.63) is 42.2 Å². The average molecular weight is 416 g/mol. The van der Waals surface area contributed by atoms with Crippen LogP contribution in [-0.2, 0) is 29.1 Å². The van der Waals surface area contributed by atoms with Crippen molar-refractivity contribution in [2.24, 2.45) is 11.3 Å². The van der Waals surface area contributed by atoms with E-state index < -0.39 is 0 Å². The Labute approximate surface area is 175 Å². The van der Waals surface area contributed by atoms with E-state index in [0.29, 0.717) is 25.4 Å². The maximum absolute atomic E-state index is 12.7. The lowest BCUT2D eigenvalue weighted by atomic mass is 9.82. The number of fused-ring (bicyclic) bond motifs is 1. The highest BCUT2D eigenvalue weighted by Gasteiger charge is 2.53. The Bertz CT molecular complexity index is 845. The van der Waals surface area contributed by atoms with E-state index >= 15 is 0 Å². The number of carbonyl (C=O) groups excluding carboxylic acids is 1. The Morgan fingerprint density at radius 3 is 2.80 bits per heavy atom. The van der Waals surface area contributed by atoms with Crippen LogP contribution in [0, 0.1) is 11.3 Å². The fourth-order valence-electron chi connectivity index (χ4n) is 4.48. The SMILES string of the molecule is CCn1cnnc1CN1CC2CN(C(=O)Cc3cccnc3)CC2(CO)C1.O=CO. The van der Waals surface area contributed by atoms with Gasteiger partial charge in [0, 0.05) is 50.5 Å². The van der Waals surface area contributed by atoms with Crippen LogP contribution in [0.3, 0.4) is 0 Å². The number of likely N-dealkylation sites (tertiary alicyclic amines) is 2. The van der Waals surface area contributed by atoms with E-state index in [0.717, 1.165) is 37.6 Å². The third kappa shape index (κ3) is 4.65. The first kappa shape index (κ1) is 21.8. The van der Waals surface area contributed by atoms with Crippen LogP contribution < -0.4 is 0 Å². The van der Waals surface area contributed by atoms with Gasteiger partial charge in [-0.3, -0.25) is 19.5 Å². The second-order valence-corrected chi connectivity index (χ2v) is 7.84. The average Bonchev–Trinajstić information content (AvgIpc) is 3.42. The molecule has 2 aromatic rings. The fourth-order valence-corrected chi connectivity index (χ4v) is 4.48. The van der Waals surface area contributed by atoms with Gasteiger partial charge in [0.25, 0.3) is 6.47 Å². The van der Waals surface area contributed by atoms with Crippen molar-refractivity contribution in [2.45, 2.75) is 26.4 Å². The number of nitrogens with zero attached hydrogens (tertiary/aromatic N) is 6. The summed E-state index contributed by atoms with van der Waals surface area (Å²) in [4.78, 5) is 29.4. The summed E-state index contributed by atoms with van der Waals surface area (Å²) in [5, 5.41) is 25.3. The number of aliphatic hydroxyl groups excluding tert-OH is 1. The second kappa shape index (κ2) is 9.77. The molecule has 2 saturated heterocycles. The molecule has 2 atom stereocenters. The standard InChI is InChI=1S/C19H26N6O2.CH2O2/c1-2-24-14-21-22-17(24)10-23-8-16-9-25(12-19(16,11-23)13-26)18(27)6-15-4-3-5-20-7-15;2-1-3/h3-5,7,14,16,26H,2,6,8-13H2,1H3;1H,(H,2,3). The van der Waals surface area contributed by atoms with Gasteiger partial charge in [-0.15, -0.1) is 10.2 Å². The van der Waals surface area contributed by atoms with E-state index in [-0.39, 0.29) is 24.4 Å². The lowest BCUT2D eigenvalue weighted by molar-refractivity contribution is -0.130. The van der Waals surface area contributed by atoms with Crippen LogP contribution in [0.2, 0.25) is 0 Å². The van der Waals surface area contributed by atoms with Crippen LogP contribution >= 0.6 is 0 Å². The molecule has 0 bridgehead atoms. The molecule has 10 nitrogen and oxygen atoms in total. The van der Waals surface area contributed by atoms with Crippen LogP contribution in [0.25, 0.3) is 0 Å². The molecule has 2 unspecified atom stereocenters. The number of amides is 1. The molecule has 162 valence electrons. The molecule has 30 heavy (non-hydrogen) atoms. The van der Waals surface area contributed by atoms with Crippen molar-refractivity contribution in [2.75, 3.05) is 32.8 Å². The minimum atomic E-state index is -0.250. The van der Waals surface area contributed by atoms with Crippen LogP contribution in [-0.4, -0.2) is 84.9 Å². The number of aromatic nitrogens is 4. The largest absolute Gasteiger partial charge is 0.483 e. The molecule has 0 saturated carbocycles. The number of aliphatic hydroxyl groups is 1. The highest BCUT2D eigenvalue weighted by Crippen LogP contribution is 2.42. The van der Waals surface area contributed by atoms with Crippen LogP contribution in [0.5, 0.6) is 0 Å². The van der Waals surface area contributed by atoms with E-state index in [1.807, 2.05) is 21.6 Å². The Kier molecular flexibility index (Phi) is 7.11. The number of carbonyl (C=O) groups is 2. The van der Waals surface area contributed by atoms with E-state index in [4.69, 9.17) is 9.90 Å². The van der Waals surface area contributed by atoms with Gasteiger partial charge < -0.3 is 19.7 Å². The topological polar surface area (TPSA) is 125 Å². The Balaban J connectivity index is 0.000000806. The van der Waals surface area contributed by atoms with Crippen molar-refractivity contribution >= 4 is 12.4 Å². The number of aryl methyl sites for hydroxylation is 1. The quantitative estimate of drug-likeness (QED) is 0.625. The zero-order chi connectivity index (χ0) is 21.6. The molecule has 2 N–H and O–H groups in total. The Morgan fingerprint density at radius 2 is 2.17 bits per heavy atom. The summed E-state index contributed by atoms with van der Waals surface area (Å²) in [6.07, 6.45) is 5.57. The molecule has 10 heteroatoms. The maximum Gasteiger partial charge on any atom is 0.290 e. The van der Waals surface area contributed by atoms with Crippen molar-refractivity contribution in [3.8, 4) is 0 Å². The Morgan fingerprint density at radius 1 is 1.37 bits per heavy atom. The highest BCUT2D eigenvalue weighted by atomic mass is 16.3. The third-order valence-electron chi connectivity index (χ3n) is 5.98. The number of carboxylic acid groups (broad SMARTS) is 1. The van der Waals surface area contributed by atoms with Crippen LogP contribution in [0.15, 0.2) is 30.9 Å². The van der Waals surface area contributed by atoms with Gasteiger partial charge in [0.15, 0.2) is 0 Å². The molecule has 2 aliphatic heterocycles. The first-order chi connectivity index (χ1) is 14.5. The zero-order valence-corrected chi connectivity index (χ0v) is 17.1. The van der Waals surface area contributed by atoms with Crippen LogP contribution in [0.1, 0.15) is 18.3 Å². The Hall–Kier alpha value is -2.85. The molecular formula is C20H28N6O4. The summed E-state index contributed by atoms with van der Waals surface area (Å²) in [7, 11) is 0. The monoisotopic (exact) mass is 416 g/mol. The number of hydrogen-bond acceptors (Lipinski definition) is 7. The van der Waals surface area contributed by atoms with E-state index in [1.54, 1.807) is 18.7 Å². The molecule has 0 radical (unpaired) electrons. The van der Waals surface area contributed by atoms with E-state index in [2.05, 4.69) is 27.0 Å². The van der Waals surface area contributed by atoms with Gasteiger partial charge >= 0.3 is 0 Å². The van der Waals surface area contributed by atoms with Gasteiger partial charge in [0.05, 0.1) is 19.6 Å². The molecular weight excluding hydrogens is 388 g/mol. The van der Waals surface area contributed by atoms with E-state index in [9.17, 15) is 9.90 Å². The lowest BCUT2D eigenvalue weighted by Crippen LogP contribution is -2.39. The lowest BCUT2D eigenvalue weighted by Gasteiger charge is -2.27. The summed E-state index contributed by atoms with van der Waals surface area (Å²) >= 11 is 0. The molecule has 4 heterocycles. The smallest absolute Gasteiger partial charge is 0.290 e. The first-order valence-corrected chi connectivity index (χ1v) is 9.99. The van der Waals surface area contributed by atoms with Gasteiger partial charge in [-0.25, -0.2) is 0 Å². The van der Waals surface area contributed by atoms with Gasteiger partial charge in [-0.2, -0.15) is 0 Å². The fraction of sp³-hybridized carbons (Fsp3) is 0.550. The molecule has 2 fully saturated rings. The van der Waals surface area contributed by atoms with Gasteiger partial charge in [-0.1, -0.05) is 6.07 Å². The summed E-state index contributed by atoms with van der Waals surface area (Å²) in [5.74, 6) is 1.36. The minimum Gasteiger partial charge on any atom is -0.483 e. The summed E-state index contributed by atoms with van der Waals surface area (Å²) in [6, 6.07) is 3.78. The molecule has 0 aromatic carbocycles. The van der Waals surface area contributed by atoms with E-state index in [1.165, 1.54) is 0 Å². The van der Waals surface area contributed by atoms with Crippen molar-refractivity contribution < 1.29 is 19.8 Å². The second-order valence-electron chi connectivity index (χ2n) is 7.84.